The van der Waals surface area contributed by atoms with Crippen LogP contribution in [0.2, 0.25) is 0 Å². The van der Waals surface area contributed by atoms with Crippen LogP contribution in [0.3, 0.4) is 0 Å². The molecule has 0 aliphatic carbocycles. The van der Waals surface area contributed by atoms with E-state index in [-0.39, 0.29) is 5.54 Å². The molecule has 0 saturated carbocycles. The first-order valence-electron chi connectivity index (χ1n) is 8.00. The van der Waals surface area contributed by atoms with E-state index < -0.39 is 0 Å². The highest BCUT2D eigenvalue weighted by Crippen LogP contribution is 2.32. The molecule has 2 fully saturated rings. The zero-order chi connectivity index (χ0) is 14.0. The highest BCUT2D eigenvalue weighted by molar-refractivity contribution is 4.99. The molecule has 0 radical (unpaired) electrons. The van der Waals surface area contributed by atoms with Crippen molar-refractivity contribution in [3.8, 4) is 0 Å². The van der Waals surface area contributed by atoms with Crippen molar-refractivity contribution in [2.45, 2.75) is 65.1 Å². The van der Waals surface area contributed by atoms with Gasteiger partial charge in [0, 0.05) is 37.3 Å². The van der Waals surface area contributed by atoms with Gasteiger partial charge in [0.1, 0.15) is 0 Å². The van der Waals surface area contributed by atoms with Gasteiger partial charge >= 0.3 is 0 Å². The summed E-state index contributed by atoms with van der Waals surface area (Å²) in [6, 6.07) is 1.29. The van der Waals surface area contributed by atoms with E-state index in [9.17, 15) is 0 Å². The Bertz CT molecular complexity index is 284. The molecule has 3 nitrogen and oxygen atoms in total. The molecule has 19 heavy (non-hydrogen) atoms. The second-order valence-corrected chi connectivity index (χ2v) is 7.50. The van der Waals surface area contributed by atoms with E-state index in [2.05, 4.69) is 44.8 Å². The van der Waals surface area contributed by atoms with E-state index in [1.54, 1.807) is 0 Å². The summed E-state index contributed by atoms with van der Waals surface area (Å²) in [5.41, 5.74) is 0.256. The van der Waals surface area contributed by atoms with Crippen molar-refractivity contribution in [1.29, 1.82) is 0 Å². The topological polar surface area (TPSA) is 24.5 Å². The van der Waals surface area contributed by atoms with Gasteiger partial charge in [-0.05, 0) is 31.6 Å². The zero-order valence-corrected chi connectivity index (χ0v) is 13.4. The van der Waals surface area contributed by atoms with Crippen LogP contribution in [0.15, 0.2) is 0 Å². The fraction of sp³-hybridized carbons (Fsp3) is 1.00. The number of rotatable bonds is 4. The Morgan fingerprint density at radius 3 is 2.58 bits per heavy atom. The molecule has 2 saturated heterocycles. The molecule has 2 aliphatic rings. The lowest BCUT2D eigenvalue weighted by Crippen LogP contribution is -2.65. The van der Waals surface area contributed by atoms with E-state index in [1.807, 2.05) is 0 Å². The Labute approximate surface area is 119 Å². The first-order chi connectivity index (χ1) is 8.92. The predicted octanol–water partition coefficient (Wildman–Crippen LogP) is 2.51. The normalized spacial score (nSPS) is 37.4. The van der Waals surface area contributed by atoms with Crippen molar-refractivity contribution in [2.75, 3.05) is 26.3 Å². The van der Waals surface area contributed by atoms with Crippen LogP contribution in [0.5, 0.6) is 0 Å². The molecule has 0 bridgehead atoms. The molecular formula is C16H32N2O. The third-order valence-corrected chi connectivity index (χ3v) is 4.85. The Hall–Kier alpha value is -0.120. The second kappa shape index (κ2) is 6.11. The molecule has 3 unspecified atom stereocenters. The molecule has 0 aromatic rings. The summed E-state index contributed by atoms with van der Waals surface area (Å²) in [7, 11) is 0. The van der Waals surface area contributed by atoms with Crippen LogP contribution < -0.4 is 5.32 Å². The minimum Gasteiger partial charge on any atom is -0.379 e. The van der Waals surface area contributed by atoms with Gasteiger partial charge in [-0.1, -0.05) is 27.7 Å². The second-order valence-electron chi connectivity index (χ2n) is 7.50. The van der Waals surface area contributed by atoms with Crippen LogP contribution in [0.1, 0.15) is 47.5 Å². The minimum atomic E-state index is 0.256. The van der Waals surface area contributed by atoms with Gasteiger partial charge in [0.15, 0.2) is 0 Å². The van der Waals surface area contributed by atoms with Crippen molar-refractivity contribution in [3.63, 3.8) is 0 Å². The number of nitrogens with zero attached hydrogens (tertiary/aromatic N) is 1. The molecule has 112 valence electrons. The summed E-state index contributed by atoms with van der Waals surface area (Å²) in [5.74, 6) is 1.47. The third kappa shape index (κ3) is 3.50. The third-order valence-electron chi connectivity index (χ3n) is 4.85. The molecule has 3 atom stereocenters. The average Bonchev–Trinajstić information content (AvgIpc) is 2.76. The van der Waals surface area contributed by atoms with Gasteiger partial charge in [-0.3, -0.25) is 4.90 Å². The molecule has 0 spiro atoms. The number of nitrogens with one attached hydrogen (secondary N) is 1. The molecule has 3 heteroatoms. The maximum absolute atomic E-state index is 5.70. The summed E-state index contributed by atoms with van der Waals surface area (Å²) in [5, 5.41) is 3.77. The highest BCUT2D eigenvalue weighted by atomic mass is 16.5. The van der Waals surface area contributed by atoms with Crippen LogP contribution >= 0.6 is 0 Å². The maximum atomic E-state index is 5.70. The lowest BCUT2D eigenvalue weighted by molar-refractivity contribution is -0.00766. The summed E-state index contributed by atoms with van der Waals surface area (Å²) in [6.45, 7) is 15.9. The minimum absolute atomic E-state index is 0.256. The van der Waals surface area contributed by atoms with E-state index in [0.717, 1.165) is 25.7 Å². The van der Waals surface area contributed by atoms with Crippen LogP contribution in [0.25, 0.3) is 0 Å². The Kier molecular flexibility index (Phi) is 4.91. The molecule has 0 amide bonds. The van der Waals surface area contributed by atoms with E-state index in [0.29, 0.717) is 18.0 Å². The van der Waals surface area contributed by atoms with Crippen molar-refractivity contribution in [1.82, 2.24) is 10.2 Å². The molecule has 2 heterocycles. The standard InChI is InChI=1S/C16H32N2O/c1-12(2)8-14-10-18(15(9-17-14)13(3)4)16(5)6-7-19-11-16/h12-15,17H,6-11H2,1-5H3. The smallest absolute Gasteiger partial charge is 0.0648 e. The van der Waals surface area contributed by atoms with Gasteiger partial charge in [-0.2, -0.15) is 0 Å². The largest absolute Gasteiger partial charge is 0.379 e. The van der Waals surface area contributed by atoms with Crippen LogP contribution in [0, 0.1) is 11.8 Å². The maximum Gasteiger partial charge on any atom is 0.0648 e. The van der Waals surface area contributed by atoms with Gasteiger partial charge in [-0.15, -0.1) is 0 Å². The van der Waals surface area contributed by atoms with Crippen LogP contribution in [-0.4, -0.2) is 48.8 Å². The van der Waals surface area contributed by atoms with E-state index in [4.69, 9.17) is 4.74 Å². The Balaban J connectivity index is 2.08. The van der Waals surface area contributed by atoms with Gasteiger partial charge < -0.3 is 10.1 Å². The van der Waals surface area contributed by atoms with E-state index >= 15 is 0 Å². The summed E-state index contributed by atoms with van der Waals surface area (Å²) in [4.78, 5) is 2.76. The molecule has 2 rings (SSSR count). The average molecular weight is 268 g/mol. The zero-order valence-electron chi connectivity index (χ0n) is 13.4. The Morgan fingerprint density at radius 1 is 1.32 bits per heavy atom. The molecular weight excluding hydrogens is 236 g/mol. The van der Waals surface area contributed by atoms with Gasteiger partial charge in [0.05, 0.1) is 6.61 Å². The number of hydrogen-bond acceptors (Lipinski definition) is 3. The van der Waals surface area contributed by atoms with Crippen molar-refractivity contribution in [2.24, 2.45) is 11.8 Å². The van der Waals surface area contributed by atoms with Crippen molar-refractivity contribution >= 4 is 0 Å². The summed E-state index contributed by atoms with van der Waals surface area (Å²) < 4.78 is 5.70. The molecule has 1 N–H and O–H groups in total. The number of piperazine rings is 1. The lowest BCUT2D eigenvalue weighted by Gasteiger charge is -2.50. The van der Waals surface area contributed by atoms with Gasteiger partial charge in [0.2, 0.25) is 0 Å². The fourth-order valence-electron chi connectivity index (χ4n) is 3.66. The van der Waals surface area contributed by atoms with E-state index in [1.165, 1.54) is 19.4 Å². The van der Waals surface area contributed by atoms with Gasteiger partial charge in [-0.25, -0.2) is 0 Å². The molecule has 0 aromatic carbocycles. The first kappa shape index (κ1) is 15.3. The molecule has 0 aromatic heterocycles. The lowest BCUT2D eigenvalue weighted by atomic mass is 9.88. The number of ether oxygens (including phenoxy) is 1. The Morgan fingerprint density at radius 2 is 2.05 bits per heavy atom. The highest BCUT2D eigenvalue weighted by Gasteiger charge is 2.43. The van der Waals surface area contributed by atoms with Crippen LogP contribution in [-0.2, 0) is 4.74 Å². The quantitative estimate of drug-likeness (QED) is 0.848. The van der Waals surface area contributed by atoms with Gasteiger partial charge in [0.25, 0.3) is 0 Å². The summed E-state index contributed by atoms with van der Waals surface area (Å²) >= 11 is 0. The number of hydrogen-bond donors (Lipinski definition) is 1. The monoisotopic (exact) mass is 268 g/mol. The van der Waals surface area contributed by atoms with Crippen molar-refractivity contribution in [3.05, 3.63) is 0 Å². The molecule has 2 aliphatic heterocycles. The van der Waals surface area contributed by atoms with Crippen molar-refractivity contribution < 1.29 is 4.74 Å². The first-order valence-corrected chi connectivity index (χ1v) is 8.00. The fourth-order valence-corrected chi connectivity index (χ4v) is 3.66. The van der Waals surface area contributed by atoms with Crippen LogP contribution in [0.4, 0.5) is 0 Å². The summed E-state index contributed by atoms with van der Waals surface area (Å²) in [6.07, 6.45) is 2.46. The SMILES string of the molecule is CC(C)CC1CN(C2(C)CCOC2)C(C(C)C)CN1. The predicted molar refractivity (Wildman–Crippen MR) is 80.4 cm³/mol.